The fourth-order valence-electron chi connectivity index (χ4n) is 1.56. The molecule has 0 aromatic carbocycles. The van der Waals surface area contributed by atoms with Crippen LogP contribution in [0.1, 0.15) is 25.6 Å². The first-order valence-electron chi connectivity index (χ1n) is 5.47. The van der Waals surface area contributed by atoms with Gasteiger partial charge in [0.15, 0.2) is 0 Å². The number of nitrogens with zero attached hydrogens (tertiary/aromatic N) is 3. The van der Waals surface area contributed by atoms with E-state index in [2.05, 4.69) is 34.9 Å². The van der Waals surface area contributed by atoms with Crippen LogP contribution < -0.4 is 5.56 Å². The average molecular weight is 296 g/mol. The molecule has 90 valence electrons. The van der Waals surface area contributed by atoms with Gasteiger partial charge < -0.3 is 4.57 Å². The Morgan fingerprint density at radius 1 is 1.35 bits per heavy atom. The SMILES string of the molecule is CC(C)n1ccc(Cn2cccc(Br)c2=O)n1. The van der Waals surface area contributed by atoms with Crippen molar-refractivity contribution in [2.45, 2.75) is 26.4 Å². The summed E-state index contributed by atoms with van der Waals surface area (Å²) in [6, 6.07) is 5.85. The minimum absolute atomic E-state index is 0.0356. The molecule has 0 unspecified atom stereocenters. The second-order valence-electron chi connectivity index (χ2n) is 4.17. The van der Waals surface area contributed by atoms with Gasteiger partial charge in [-0.1, -0.05) is 0 Å². The van der Waals surface area contributed by atoms with E-state index in [-0.39, 0.29) is 5.56 Å². The van der Waals surface area contributed by atoms with Crippen LogP contribution in [0.3, 0.4) is 0 Å². The quantitative estimate of drug-likeness (QED) is 0.872. The van der Waals surface area contributed by atoms with Gasteiger partial charge in [-0.25, -0.2) is 0 Å². The Labute approximate surface area is 108 Å². The summed E-state index contributed by atoms with van der Waals surface area (Å²) in [6.07, 6.45) is 3.70. The zero-order chi connectivity index (χ0) is 12.4. The van der Waals surface area contributed by atoms with Crippen LogP contribution in [0.4, 0.5) is 0 Å². The molecule has 0 spiro atoms. The van der Waals surface area contributed by atoms with Gasteiger partial charge in [0.25, 0.3) is 5.56 Å². The molecule has 5 heteroatoms. The number of aromatic nitrogens is 3. The maximum absolute atomic E-state index is 11.8. The number of rotatable bonds is 3. The Balaban J connectivity index is 2.26. The summed E-state index contributed by atoms with van der Waals surface area (Å²) >= 11 is 3.23. The summed E-state index contributed by atoms with van der Waals surface area (Å²) in [6.45, 7) is 4.64. The molecule has 2 aromatic heterocycles. The first-order valence-corrected chi connectivity index (χ1v) is 6.26. The smallest absolute Gasteiger partial charge is 0.265 e. The van der Waals surface area contributed by atoms with Gasteiger partial charge in [0.1, 0.15) is 0 Å². The Morgan fingerprint density at radius 2 is 2.12 bits per heavy atom. The fourth-order valence-corrected chi connectivity index (χ4v) is 1.94. The second kappa shape index (κ2) is 4.87. The molecular formula is C12H14BrN3O. The molecule has 0 saturated carbocycles. The largest absolute Gasteiger partial charge is 0.308 e. The van der Waals surface area contributed by atoms with Gasteiger partial charge in [0.05, 0.1) is 16.7 Å². The number of hydrogen-bond acceptors (Lipinski definition) is 2. The van der Waals surface area contributed by atoms with Crippen molar-refractivity contribution in [3.63, 3.8) is 0 Å². The lowest BCUT2D eigenvalue weighted by atomic mass is 10.4. The minimum Gasteiger partial charge on any atom is -0.308 e. The van der Waals surface area contributed by atoms with Crippen LogP contribution in [0, 0.1) is 0 Å². The van der Waals surface area contributed by atoms with Crippen LogP contribution in [0.5, 0.6) is 0 Å². The summed E-state index contributed by atoms with van der Waals surface area (Å²) < 4.78 is 4.10. The Hall–Kier alpha value is -1.36. The van der Waals surface area contributed by atoms with E-state index >= 15 is 0 Å². The summed E-state index contributed by atoms with van der Waals surface area (Å²) in [7, 11) is 0. The van der Waals surface area contributed by atoms with Crippen molar-refractivity contribution >= 4 is 15.9 Å². The highest BCUT2D eigenvalue weighted by Crippen LogP contribution is 2.06. The number of hydrogen-bond donors (Lipinski definition) is 0. The number of halogens is 1. The molecule has 4 nitrogen and oxygen atoms in total. The standard InChI is InChI=1S/C12H14BrN3O/c1-9(2)16-7-5-10(14-16)8-15-6-3-4-11(13)12(15)17/h3-7,9H,8H2,1-2H3. The first-order chi connectivity index (χ1) is 8.08. The maximum atomic E-state index is 11.8. The zero-order valence-corrected chi connectivity index (χ0v) is 11.4. The van der Waals surface area contributed by atoms with E-state index in [1.807, 2.05) is 23.0 Å². The van der Waals surface area contributed by atoms with Gasteiger partial charge in [-0.05, 0) is 48.0 Å². The van der Waals surface area contributed by atoms with Gasteiger partial charge in [-0.2, -0.15) is 5.10 Å². The summed E-state index contributed by atoms with van der Waals surface area (Å²) in [5.41, 5.74) is 0.852. The molecule has 0 atom stereocenters. The van der Waals surface area contributed by atoms with Crippen molar-refractivity contribution in [1.29, 1.82) is 0 Å². The molecule has 0 amide bonds. The highest BCUT2D eigenvalue weighted by molar-refractivity contribution is 9.10. The van der Waals surface area contributed by atoms with Crippen molar-refractivity contribution in [1.82, 2.24) is 14.3 Å². The minimum atomic E-state index is -0.0356. The Morgan fingerprint density at radius 3 is 2.76 bits per heavy atom. The van der Waals surface area contributed by atoms with E-state index in [4.69, 9.17) is 0 Å². The Bertz CT molecular complexity index is 571. The molecule has 0 radical (unpaired) electrons. The van der Waals surface area contributed by atoms with E-state index < -0.39 is 0 Å². The molecule has 0 aliphatic rings. The van der Waals surface area contributed by atoms with Crippen LogP contribution in [-0.4, -0.2) is 14.3 Å². The van der Waals surface area contributed by atoms with Crippen LogP contribution >= 0.6 is 15.9 Å². The lowest BCUT2D eigenvalue weighted by Gasteiger charge is -2.05. The van der Waals surface area contributed by atoms with Crippen molar-refractivity contribution in [2.75, 3.05) is 0 Å². The Kier molecular flexibility index (Phi) is 3.47. The molecule has 0 bridgehead atoms. The summed E-state index contributed by atoms with van der Waals surface area (Å²) in [5, 5.41) is 4.42. The summed E-state index contributed by atoms with van der Waals surface area (Å²) in [5.74, 6) is 0. The van der Waals surface area contributed by atoms with Crippen LogP contribution in [-0.2, 0) is 6.54 Å². The molecule has 2 heterocycles. The fraction of sp³-hybridized carbons (Fsp3) is 0.333. The predicted octanol–water partition coefficient (Wildman–Crippen LogP) is 2.44. The average Bonchev–Trinajstić information content (AvgIpc) is 2.73. The van der Waals surface area contributed by atoms with E-state index in [0.717, 1.165) is 5.69 Å². The van der Waals surface area contributed by atoms with E-state index in [1.165, 1.54) is 0 Å². The highest BCUT2D eigenvalue weighted by atomic mass is 79.9. The van der Waals surface area contributed by atoms with Crippen LogP contribution in [0.2, 0.25) is 0 Å². The maximum Gasteiger partial charge on any atom is 0.265 e. The van der Waals surface area contributed by atoms with E-state index in [1.54, 1.807) is 16.8 Å². The van der Waals surface area contributed by atoms with Gasteiger partial charge in [0.2, 0.25) is 0 Å². The lowest BCUT2D eigenvalue weighted by molar-refractivity contribution is 0.523. The third-order valence-electron chi connectivity index (χ3n) is 2.50. The third-order valence-corrected chi connectivity index (χ3v) is 3.10. The normalized spacial score (nSPS) is 11.1. The topological polar surface area (TPSA) is 39.8 Å². The molecule has 0 aliphatic carbocycles. The van der Waals surface area contributed by atoms with Gasteiger partial charge in [-0.15, -0.1) is 0 Å². The molecule has 17 heavy (non-hydrogen) atoms. The van der Waals surface area contributed by atoms with E-state index in [9.17, 15) is 4.79 Å². The third kappa shape index (κ3) is 2.66. The predicted molar refractivity (Wildman–Crippen MR) is 70.1 cm³/mol. The molecule has 0 aliphatic heterocycles. The molecule has 2 rings (SSSR count). The first kappa shape index (κ1) is 12.1. The zero-order valence-electron chi connectivity index (χ0n) is 9.80. The molecule has 0 saturated heterocycles. The van der Waals surface area contributed by atoms with Crippen molar-refractivity contribution < 1.29 is 0 Å². The van der Waals surface area contributed by atoms with Crippen molar-refractivity contribution in [3.05, 3.63) is 51.1 Å². The van der Waals surface area contributed by atoms with Gasteiger partial charge in [0, 0.05) is 18.4 Å². The molecule has 0 fully saturated rings. The highest BCUT2D eigenvalue weighted by Gasteiger charge is 2.05. The molecule has 0 N–H and O–H groups in total. The monoisotopic (exact) mass is 295 g/mol. The van der Waals surface area contributed by atoms with Crippen LogP contribution in [0.25, 0.3) is 0 Å². The molecular weight excluding hydrogens is 282 g/mol. The summed E-state index contributed by atoms with van der Waals surface area (Å²) in [4.78, 5) is 11.8. The van der Waals surface area contributed by atoms with Crippen molar-refractivity contribution in [2.24, 2.45) is 0 Å². The van der Waals surface area contributed by atoms with Crippen molar-refractivity contribution in [3.8, 4) is 0 Å². The van der Waals surface area contributed by atoms with E-state index in [0.29, 0.717) is 17.1 Å². The number of pyridine rings is 1. The molecule has 2 aromatic rings. The van der Waals surface area contributed by atoms with Crippen LogP contribution in [0.15, 0.2) is 39.9 Å². The second-order valence-corrected chi connectivity index (χ2v) is 5.02. The van der Waals surface area contributed by atoms with Gasteiger partial charge >= 0.3 is 0 Å². The lowest BCUT2D eigenvalue weighted by Crippen LogP contribution is -2.20. The van der Waals surface area contributed by atoms with Gasteiger partial charge in [-0.3, -0.25) is 9.48 Å².